The minimum absolute atomic E-state index is 0.0798. The highest BCUT2D eigenvalue weighted by Gasteiger charge is 2.49. The number of hydrogen-bond acceptors (Lipinski definition) is 3. The molecule has 2 aliphatic rings. The molecule has 2 aromatic heterocycles. The van der Waals surface area contributed by atoms with Crippen molar-refractivity contribution in [2.45, 2.75) is 77.0 Å². The third-order valence-electron chi connectivity index (χ3n) is 10.7. The van der Waals surface area contributed by atoms with E-state index in [9.17, 15) is 0 Å². The molecule has 3 nitrogen and oxygen atoms in total. The molecule has 2 aliphatic heterocycles. The Morgan fingerprint density at radius 2 is 0.918 bits per heavy atom. The second kappa shape index (κ2) is 10.7. The lowest BCUT2D eigenvalue weighted by molar-refractivity contribution is 0.426. The highest BCUT2D eigenvalue weighted by atomic mass is 16.5. The monoisotopic (exact) mass is 640 g/mol. The summed E-state index contributed by atoms with van der Waals surface area (Å²) < 4.78 is 6.83. The van der Waals surface area contributed by atoms with Crippen molar-refractivity contribution in [2.24, 2.45) is 0 Å². The fourth-order valence-electron chi connectivity index (χ4n) is 7.61. The van der Waals surface area contributed by atoms with Crippen LogP contribution in [0.4, 0.5) is 0 Å². The molecule has 244 valence electrons. The van der Waals surface area contributed by atoms with Crippen LogP contribution in [0, 0.1) is 0 Å². The van der Waals surface area contributed by atoms with Gasteiger partial charge in [-0.15, -0.1) is 0 Å². The summed E-state index contributed by atoms with van der Waals surface area (Å²) in [6.45, 7) is 18.2. The van der Waals surface area contributed by atoms with Crippen LogP contribution in [0.5, 0.6) is 11.5 Å². The molecule has 0 saturated heterocycles. The van der Waals surface area contributed by atoms with E-state index in [1.54, 1.807) is 0 Å². The minimum Gasteiger partial charge on any atom is -0.457 e. The molecule has 1 spiro atoms. The average Bonchev–Trinajstić information content (AvgIpc) is 3.09. The molecule has 8 rings (SSSR count). The Bertz CT molecular complexity index is 2100. The fourth-order valence-corrected chi connectivity index (χ4v) is 7.61. The summed E-state index contributed by atoms with van der Waals surface area (Å²) in [6, 6.07) is 44.1. The molecule has 0 amide bonds. The fraction of sp³-hybridized carbons (Fsp3) is 0.261. The number of aromatic nitrogens is 2. The lowest BCUT2D eigenvalue weighted by Gasteiger charge is -2.41. The van der Waals surface area contributed by atoms with E-state index in [0.717, 1.165) is 56.5 Å². The van der Waals surface area contributed by atoms with Gasteiger partial charge in [-0.2, -0.15) is 0 Å². The Morgan fingerprint density at radius 3 is 1.35 bits per heavy atom. The molecule has 0 saturated carbocycles. The van der Waals surface area contributed by atoms with Gasteiger partial charge >= 0.3 is 0 Å². The van der Waals surface area contributed by atoms with Crippen LogP contribution in [0.3, 0.4) is 0 Å². The van der Waals surface area contributed by atoms with E-state index in [1.807, 2.05) is 0 Å². The zero-order valence-electron chi connectivity index (χ0n) is 29.8. The van der Waals surface area contributed by atoms with Gasteiger partial charge in [-0.1, -0.05) is 116 Å². The third-order valence-corrected chi connectivity index (χ3v) is 10.7. The zero-order chi connectivity index (χ0) is 34.3. The van der Waals surface area contributed by atoms with Crippen LogP contribution >= 0.6 is 0 Å². The van der Waals surface area contributed by atoms with Crippen LogP contribution in [0.1, 0.15) is 100 Å². The minimum atomic E-state index is -0.865. The van der Waals surface area contributed by atoms with Gasteiger partial charge in [-0.3, -0.25) is 9.97 Å². The van der Waals surface area contributed by atoms with Crippen molar-refractivity contribution in [3.63, 3.8) is 0 Å². The molecule has 4 heterocycles. The standard InChI is InChI=1S/C46H44N2O/c1-43(2,3)31-21-23-39-35(27-31)46(36-28-32(44(4,5)6)22-24-40(36)49-39)41-19-11-17-37(47-41)29-13-9-15-33(25-29)45(7,8)34-16-10-14-30(26-34)38-18-12-20-42(46)48-38/h9-28H,1-8H3. The number of fused-ring (bicyclic) bond motifs is 16. The lowest BCUT2D eigenvalue weighted by atomic mass is 9.65. The van der Waals surface area contributed by atoms with Crippen LogP contribution in [0.15, 0.2) is 121 Å². The Kier molecular flexibility index (Phi) is 6.85. The largest absolute Gasteiger partial charge is 0.457 e. The molecule has 0 aliphatic carbocycles. The first kappa shape index (κ1) is 31.3. The van der Waals surface area contributed by atoms with Crippen LogP contribution in [-0.2, 0) is 21.7 Å². The van der Waals surface area contributed by atoms with E-state index in [2.05, 4.69) is 177 Å². The number of hydrogen-bond donors (Lipinski definition) is 0. The number of benzene rings is 4. The summed E-state index contributed by atoms with van der Waals surface area (Å²) in [6.07, 6.45) is 0. The highest BCUT2D eigenvalue weighted by molar-refractivity contribution is 5.72. The van der Waals surface area contributed by atoms with Crippen molar-refractivity contribution < 1.29 is 4.74 Å². The van der Waals surface area contributed by atoms with Crippen molar-refractivity contribution in [3.05, 3.63) is 166 Å². The Morgan fingerprint density at radius 1 is 0.490 bits per heavy atom. The summed E-state index contributed by atoms with van der Waals surface area (Å²) in [5.41, 5.74) is 11.7. The van der Waals surface area contributed by atoms with Crippen molar-refractivity contribution >= 4 is 0 Å². The second-order valence-corrected chi connectivity index (χ2v) is 16.4. The van der Waals surface area contributed by atoms with Gasteiger partial charge in [-0.05, 0) is 93.7 Å². The van der Waals surface area contributed by atoms with Gasteiger partial charge in [0.1, 0.15) is 16.9 Å². The molecule has 4 aromatic carbocycles. The Balaban J connectivity index is 1.57. The first-order valence-corrected chi connectivity index (χ1v) is 17.4. The summed E-state index contributed by atoms with van der Waals surface area (Å²) in [4.78, 5) is 11.3. The molecule has 6 aromatic rings. The molecular formula is C46H44N2O. The topological polar surface area (TPSA) is 35.0 Å². The third kappa shape index (κ3) is 4.93. The van der Waals surface area contributed by atoms with Gasteiger partial charge in [0.15, 0.2) is 0 Å². The van der Waals surface area contributed by atoms with Gasteiger partial charge in [-0.25, -0.2) is 0 Å². The number of ether oxygens (including phenoxy) is 1. The zero-order valence-corrected chi connectivity index (χ0v) is 29.8. The van der Waals surface area contributed by atoms with Gasteiger partial charge in [0.05, 0.1) is 22.8 Å². The van der Waals surface area contributed by atoms with Gasteiger partial charge in [0, 0.05) is 27.7 Å². The average molecular weight is 641 g/mol. The van der Waals surface area contributed by atoms with E-state index in [0.29, 0.717) is 0 Å². The maximum atomic E-state index is 6.83. The Hall–Kier alpha value is -5.02. The number of pyridine rings is 2. The summed E-state index contributed by atoms with van der Waals surface area (Å²) in [5, 5.41) is 0. The predicted octanol–water partition coefficient (Wildman–Crippen LogP) is 11.5. The highest BCUT2D eigenvalue weighted by Crippen LogP contribution is 2.56. The summed E-state index contributed by atoms with van der Waals surface area (Å²) >= 11 is 0. The first-order valence-electron chi connectivity index (χ1n) is 17.4. The van der Waals surface area contributed by atoms with E-state index < -0.39 is 5.41 Å². The molecular weight excluding hydrogens is 597 g/mol. The van der Waals surface area contributed by atoms with E-state index in [1.165, 1.54) is 22.3 Å². The quantitative estimate of drug-likeness (QED) is 0.165. The van der Waals surface area contributed by atoms with Crippen LogP contribution in [0.2, 0.25) is 0 Å². The van der Waals surface area contributed by atoms with Crippen LogP contribution in [-0.4, -0.2) is 9.97 Å². The van der Waals surface area contributed by atoms with Crippen LogP contribution in [0.25, 0.3) is 22.5 Å². The molecule has 0 N–H and O–H groups in total. The second-order valence-electron chi connectivity index (χ2n) is 16.4. The summed E-state index contributed by atoms with van der Waals surface area (Å²) in [5.74, 6) is 1.66. The Labute approximate surface area is 291 Å². The van der Waals surface area contributed by atoms with Crippen molar-refractivity contribution in [3.8, 4) is 34.0 Å². The molecule has 0 fully saturated rings. The van der Waals surface area contributed by atoms with Gasteiger partial charge in [0.25, 0.3) is 0 Å². The van der Waals surface area contributed by atoms with Crippen molar-refractivity contribution in [1.29, 1.82) is 0 Å². The van der Waals surface area contributed by atoms with E-state index in [4.69, 9.17) is 14.7 Å². The maximum absolute atomic E-state index is 6.83. The van der Waals surface area contributed by atoms with Crippen molar-refractivity contribution in [1.82, 2.24) is 9.97 Å². The SMILES string of the molecule is CC(C)(C)c1ccc2c(c1)C1(c3cccc(n3)-c3cccc(c3)C(C)(C)c3cccc(c3)-c3cccc1n3)c1cc(C(C)(C)C)ccc1O2. The van der Waals surface area contributed by atoms with Crippen LogP contribution < -0.4 is 4.74 Å². The maximum Gasteiger partial charge on any atom is 0.132 e. The lowest BCUT2D eigenvalue weighted by Crippen LogP contribution is -2.37. The summed E-state index contributed by atoms with van der Waals surface area (Å²) in [7, 11) is 0. The smallest absolute Gasteiger partial charge is 0.132 e. The molecule has 49 heavy (non-hydrogen) atoms. The van der Waals surface area contributed by atoms with Gasteiger partial charge < -0.3 is 4.74 Å². The normalized spacial score (nSPS) is 15.4. The molecule has 0 atom stereocenters. The van der Waals surface area contributed by atoms with Crippen molar-refractivity contribution in [2.75, 3.05) is 0 Å². The molecule has 0 radical (unpaired) electrons. The van der Waals surface area contributed by atoms with E-state index >= 15 is 0 Å². The number of nitrogens with zero attached hydrogens (tertiary/aromatic N) is 2. The molecule has 3 heteroatoms. The van der Waals surface area contributed by atoms with E-state index in [-0.39, 0.29) is 16.2 Å². The molecule has 8 bridgehead atoms. The van der Waals surface area contributed by atoms with Gasteiger partial charge in [0.2, 0.25) is 0 Å². The predicted molar refractivity (Wildman–Crippen MR) is 201 cm³/mol. The first-order chi connectivity index (χ1) is 23.3. The molecule has 0 unspecified atom stereocenters. The number of rotatable bonds is 0.